The van der Waals surface area contributed by atoms with E-state index in [1.165, 1.54) is 18.4 Å². The van der Waals surface area contributed by atoms with Crippen molar-refractivity contribution in [3.63, 3.8) is 0 Å². The Bertz CT molecular complexity index is 266. The largest absolute Gasteiger partial charge is 0.0958 e. The maximum absolute atomic E-state index is 4.09. The zero-order valence-corrected chi connectivity index (χ0v) is 10.4. The minimum Gasteiger partial charge on any atom is -0.0958 e. The van der Waals surface area contributed by atoms with Crippen LogP contribution in [-0.2, 0) is 0 Å². The average Bonchev–Trinajstić information content (AvgIpc) is 2.16. The highest BCUT2D eigenvalue weighted by atomic mass is 14.2. The first-order chi connectivity index (χ1) is 7.09. The van der Waals surface area contributed by atoms with Gasteiger partial charge in [0.25, 0.3) is 0 Å². The van der Waals surface area contributed by atoms with Crippen LogP contribution in [-0.4, -0.2) is 0 Å². The Morgan fingerprint density at radius 1 is 1.33 bits per heavy atom. The number of hydrogen-bond acceptors (Lipinski definition) is 0. The summed E-state index contributed by atoms with van der Waals surface area (Å²) in [4.78, 5) is 0. The van der Waals surface area contributed by atoms with Crippen LogP contribution in [0.4, 0.5) is 0 Å². The molecule has 0 bridgehead atoms. The molecule has 0 saturated heterocycles. The lowest BCUT2D eigenvalue weighted by Gasteiger charge is -2.18. The first-order valence-electron chi connectivity index (χ1n) is 6.11. The molecule has 0 saturated carbocycles. The summed E-state index contributed by atoms with van der Waals surface area (Å²) in [7, 11) is 0. The molecule has 0 unspecified atom stereocenters. The molecule has 0 fully saturated rings. The van der Waals surface area contributed by atoms with Gasteiger partial charge in [0.1, 0.15) is 0 Å². The highest BCUT2D eigenvalue weighted by Crippen LogP contribution is 2.24. The summed E-state index contributed by atoms with van der Waals surface area (Å²) in [6.07, 6.45) is 11.8. The molecule has 0 aromatic heterocycles. The third-order valence-corrected chi connectivity index (χ3v) is 3.27. The van der Waals surface area contributed by atoms with E-state index < -0.39 is 0 Å². The minimum absolute atomic E-state index is 0.711. The van der Waals surface area contributed by atoms with E-state index in [1.807, 2.05) is 0 Å². The van der Waals surface area contributed by atoms with Crippen molar-refractivity contribution in [2.24, 2.45) is 11.8 Å². The van der Waals surface area contributed by atoms with Crippen molar-refractivity contribution in [2.45, 2.75) is 46.5 Å². The Morgan fingerprint density at radius 3 is 2.73 bits per heavy atom. The maximum atomic E-state index is 4.09. The van der Waals surface area contributed by atoms with Gasteiger partial charge >= 0.3 is 0 Å². The number of hydrogen-bond donors (Lipinski definition) is 0. The molecule has 1 aliphatic carbocycles. The molecule has 0 spiro atoms. The quantitative estimate of drug-likeness (QED) is 0.533. The van der Waals surface area contributed by atoms with Gasteiger partial charge in [-0.15, -0.1) is 0 Å². The second-order valence-electron chi connectivity index (χ2n) is 5.05. The van der Waals surface area contributed by atoms with E-state index in [-0.39, 0.29) is 0 Å². The second kappa shape index (κ2) is 5.95. The van der Waals surface area contributed by atoms with Gasteiger partial charge in [-0.1, -0.05) is 49.8 Å². The second-order valence-corrected chi connectivity index (χ2v) is 5.05. The van der Waals surface area contributed by atoms with Gasteiger partial charge in [-0.3, -0.25) is 0 Å². The van der Waals surface area contributed by atoms with Crippen LogP contribution in [0, 0.1) is 11.8 Å². The zero-order chi connectivity index (χ0) is 11.3. The van der Waals surface area contributed by atoms with Crippen molar-refractivity contribution in [3.05, 3.63) is 36.0 Å². The molecule has 0 heterocycles. The lowest BCUT2D eigenvalue weighted by atomic mass is 9.88. The molecule has 0 heteroatoms. The molecule has 0 radical (unpaired) electrons. The fourth-order valence-electron chi connectivity index (χ4n) is 2.00. The molecule has 0 amide bonds. The summed E-state index contributed by atoms with van der Waals surface area (Å²) in [5.74, 6) is 1.45. The molecule has 1 atom stereocenters. The summed E-state index contributed by atoms with van der Waals surface area (Å²) < 4.78 is 0. The Kier molecular flexibility index (Phi) is 4.87. The van der Waals surface area contributed by atoms with Crippen molar-refractivity contribution in [2.75, 3.05) is 0 Å². The van der Waals surface area contributed by atoms with Gasteiger partial charge in [0.2, 0.25) is 0 Å². The summed E-state index contributed by atoms with van der Waals surface area (Å²) in [5, 5.41) is 0. The molecule has 0 aliphatic heterocycles. The average molecular weight is 204 g/mol. The molecule has 1 aliphatic rings. The minimum atomic E-state index is 0.711. The molecule has 0 N–H and O–H groups in total. The smallest absolute Gasteiger partial charge is 0.0204 e. The molecular weight excluding hydrogens is 180 g/mol. The number of rotatable bonds is 1. The summed E-state index contributed by atoms with van der Waals surface area (Å²) in [5.41, 5.74) is 2.82. The molecule has 0 nitrogen and oxygen atoms in total. The fourth-order valence-corrected chi connectivity index (χ4v) is 2.00. The summed E-state index contributed by atoms with van der Waals surface area (Å²) >= 11 is 0. The van der Waals surface area contributed by atoms with Crippen LogP contribution in [0.3, 0.4) is 0 Å². The Balaban J connectivity index is 2.70. The van der Waals surface area contributed by atoms with Gasteiger partial charge < -0.3 is 0 Å². The predicted molar refractivity (Wildman–Crippen MR) is 68.8 cm³/mol. The predicted octanol–water partition coefficient (Wildman–Crippen LogP) is 4.89. The monoisotopic (exact) mass is 204 g/mol. The molecule has 1 rings (SSSR count). The lowest BCUT2D eigenvalue weighted by molar-refractivity contribution is 0.435. The van der Waals surface area contributed by atoms with E-state index in [9.17, 15) is 0 Å². The van der Waals surface area contributed by atoms with Crippen LogP contribution in [0.2, 0.25) is 0 Å². The van der Waals surface area contributed by atoms with E-state index in [4.69, 9.17) is 0 Å². The summed E-state index contributed by atoms with van der Waals surface area (Å²) in [6, 6.07) is 0. The Labute approximate surface area is 94.8 Å². The van der Waals surface area contributed by atoms with Crippen molar-refractivity contribution in [1.82, 2.24) is 0 Å². The van der Waals surface area contributed by atoms with Gasteiger partial charge in [0.15, 0.2) is 0 Å². The highest BCUT2D eigenvalue weighted by Gasteiger charge is 2.10. The van der Waals surface area contributed by atoms with Crippen molar-refractivity contribution < 1.29 is 0 Å². The first-order valence-corrected chi connectivity index (χ1v) is 6.11. The van der Waals surface area contributed by atoms with Crippen molar-refractivity contribution in [3.8, 4) is 0 Å². The van der Waals surface area contributed by atoms with Crippen molar-refractivity contribution in [1.29, 1.82) is 0 Å². The van der Waals surface area contributed by atoms with Crippen LogP contribution < -0.4 is 0 Å². The maximum Gasteiger partial charge on any atom is -0.0204 e. The topological polar surface area (TPSA) is 0 Å². The Hall–Kier alpha value is -0.780. The van der Waals surface area contributed by atoms with Crippen molar-refractivity contribution >= 4 is 0 Å². The molecular formula is C15H24. The van der Waals surface area contributed by atoms with Gasteiger partial charge in [-0.05, 0) is 44.4 Å². The van der Waals surface area contributed by atoms with Crippen LogP contribution in [0.1, 0.15) is 46.5 Å². The van der Waals surface area contributed by atoms with Crippen LogP contribution in [0.5, 0.6) is 0 Å². The molecule has 84 valence electrons. The third kappa shape index (κ3) is 4.51. The van der Waals surface area contributed by atoms with Crippen LogP contribution in [0.15, 0.2) is 36.0 Å². The third-order valence-electron chi connectivity index (χ3n) is 3.27. The van der Waals surface area contributed by atoms with E-state index in [2.05, 4.69) is 45.6 Å². The van der Waals surface area contributed by atoms with Gasteiger partial charge in [-0.2, -0.15) is 0 Å². The Morgan fingerprint density at radius 2 is 2.07 bits per heavy atom. The van der Waals surface area contributed by atoms with Crippen LogP contribution >= 0.6 is 0 Å². The number of allylic oxidation sites excluding steroid dienone is 5. The van der Waals surface area contributed by atoms with Gasteiger partial charge in [0.05, 0.1) is 0 Å². The van der Waals surface area contributed by atoms with Gasteiger partial charge in [-0.25, -0.2) is 0 Å². The highest BCUT2D eigenvalue weighted by molar-refractivity contribution is 5.17. The fraction of sp³-hybridized carbons (Fsp3) is 0.600. The van der Waals surface area contributed by atoms with Gasteiger partial charge in [0, 0.05) is 0 Å². The molecule has 0 aromatic carbocycles. The standard InChI is InChI=1S/C15H24/c1-12(2)15-10-8-13(3)6-5-7-14(4)9-11-15/h7-8,10,12,15H,3,5-6,9,11H2,1-2,4H3/b10-8+,14-7-/t15-/m1/s1. The normalized spacial score (nSPS) is 29.7. The van der Waals surface area contributed by atoms with E-state index in [0.29, 0.717) is 5.92 Å². The SMILES string of the molecule is C=C1/C=C/[C@@H](C(C)C)CC/C(C)=C\CC1. The van der Waals surface area contributed by atoms with E-state index >= 15 is 0 Å². The lowest BCUT2D eigenvalue weighted by Crippen LogP contribution is -2.06. The zero-order valence-electron chi connectivity index (χ0n) is 10.4. The van der Waals surface area contributed by atoms with E-state index in [1.54, 1.807) is 5.57 Å². The van der Waals surface area contributed by atoms with E-state index in [0.717, 1.165) is 18.8 Å². The first kappa shape index (κ1) is 12.3. The molecule has 15 heavy (non-hydrogen) atoms. The van der Waals surface area contributed by atoms with Crippen LogP contribution in [0.25, 0.3) is 0 Å². The summed E-state index contributed by atoms with van der Waals surface area (Å²) in [6.45, 7) is 11.0. The molecule has 0 aromatic rings.